The van der Waals surface area contributed by atoms with Gasteiger partial charge < -0.3 is 4.74 Å². The standard InChI is InChI=1S/C18H13N5O4S/c1-11-17(20-21-22(11)12-5-4-6-13(9-12)23(25)26)18(24)27-10-16-19-14-7-2-3-8-15(14)28-16/h2-9H,10H2,1H3. The second-order valence-corrected chi connectivity index (χ2v) is 6.98. The van der Waals surface area contributed by atoms with E-state index < -0.39 is 10.9 Å². The van der Waals surface area contributed by atoms with Gasteiger partial charge in [0.15, 0.2) is 5.69 Å². The van der Waals surface area contributed by atoms with Crippen LogP contribution < -0.4 is 0 Å². The first-order valence-electron chi connectivity index (χ1n) is 8.21. The Bertz CT molecular complexity index is 1170. The second-order valence-electron chi connectivity index (χ2n) is 5.86. The van der Waals surface area contributed by atoms with Crippen LogP contribution in [-0.4, -0.2) is 30.9 Å². The molecule has 2 aromatic heterocycles. The molecule has 0 aliphatic rings. The Balaban J connectivity index is 1.52. The number of rotatable bonds is 5. The van der Waals surface area contributed by atoms with Gasteiger partial charge in [-0.15, -0.1) is 16.4 Å². The first-order chi connectivity index (χ1) is 13.5. The van der Waals surface area contributed by atoms with Crippen molar-refractivity contribution in [3.05, 3.63) is 75.0 Å². The van der Waals surface area contributed by atoms with Crippen molar-refractivity contribution in [2.45, 2.75) is 13.5 Å². The third-order valence-corrected chi connectivity index (χ3v) is 5.05. The van der Waals surface area contributed by atoms with Crippen LogP contribution in [0.25, 0.3) is 15.9 Å². The number of nitrogens with zero attached hydrogens (tertiary/aromatic N) is 5. The SMILES string of the molecule is Cc1c(C(=O)OCc2nc3ccccc3s2)nnn1-c1cccc([N+](=O)[O-])c1. The zero-order valence-corrected chi connectivity index (χ0v) is 15.4. The first kappa shape index (κ1) is 17.7. The number of esters is 1. The number of benzene rings is 2. The quantitative estimate of drug-likeness (QED) is 0.289. The van der Waals surface area contributed by atoms with E-state index in [-0.39, 0.29) is 18.0 Å². The van der Waals surface area contributed by atoms with Gasteiger partial charge in [-0.2, -0.15) is 0 Å². The molecule has 0 saturated carbocycles. The number of hydrogen-bond acceptors (Lipinski definition) is 8. The molecule has 2 aromatic carbocycles. The number of hydrogen-bond donors (Lipinski definition) is 0. The molecule has 0 amide bonds. The minimum atomic E-state index is -0.631. The van der Waals surface area contributed by atoms with Crippen LogP contribution in [-0.2, 0) is 11.3 Å². The zero-order valence-electron chi connectivity index (χ0n) is 14.6. The van der Waals surface area contributed by atoms with Gasteiger partial charge in [0.1, 0.15) is 11.6 Å². The summed E-state index contributed by atoms with van der Waals surface area (Å²) in [6.07, 6.45) is 0. The molecular formula is C18H13N5O4S. The molecule has 0 fully saturated rings. The van der Waals surface area contributed by atoms with Crippen molar-refractivity contribution >= 4 is 33.2 Å². The van der Waals surface area contributed by atoms with Crippen molar-refractivity contribution in [3.63, 3.8) is 0 Å². The maximum atomic E-state index is 12.4. The average molecular weight is 395 g/mol. The van der Waals surface area contributed by atoms with E-state index in [1.165, 1.54) is 28.2 Å². The number of thiazole rings is 1. The molecule has 4 aromatic rings. The number of nitro benzene ring substituents is 1. The Kier molecular flexibility index (Phi) is 4.53. The molecule has 28 heavy (non-hydrogen) atoms. The highest BCUT2D eigenvalue weighted by Gasteiger charge is 2.20. The van der Waals surface area contributed by atoms with Crippen LogP contribution in [0.15, 0.2) is 48.5 Å². The van der Waals surface area contributed by atoms with Gasteiger partial charge in [0.2, 0.25) is 0 Å². The number of fused-ring (bicyclic) bond motifs is 1. The molecule has 0 N–H and O–H groups in total. The Morgan fingerprint density at radius 1 is 1.25 bits per heavy atom. The van der Waals surface area contributed by atoms with Gasteiger partial charge in [-0.25, -0.2) is 14.5 Å². The van der Waals surface area contributed by atoms with Crippen LogP contribution in [0.3, 0.4) is 0 Å². The lowest BCUT2D eigenvalue weighted by Crippen LogP contribution is -2.08. The van der Waals surface area contributed by atoms with Gasteiger partial charge in [0.25, 0.3) is 5.69 Å². The van der Waals surface area contributed by atoms with Crippen molar-refractivity contribution in [2.75, 3.05) is 0 Å². The van der Waals surface area contributed by atoms with E-state index in [0.29, 0.717) is 16.4 Å². The number of non-ortho nitro benzene ring substituents is 1. The lowest BCUT2D eigenvalue weighted by atomic mass is 10.2. The number of para-hydroxylation sites is 1. The molecule has 0 aliphatic carbocycles. The Morgan fingerprint density at radius 3 is 2.86 bits per heavy atom. The molecule has 0 saturated heterocycles. The highest BCUT2D eigenvalue weighted by molar-refractivity contribution is 7.18. The summed E-state index contributed by atoms with van der Waals surface area (Å²) in [5.41, 5.74) is 1.69. The molecular weight excluding hydrogens is 382 g/mol. The van der Waals surface area contributed by atoms with E-state index in [1.54, 1.807) is 19.1 Å². The Hall–Kier alpha value is -3.66. The number of carbonyl (C=O) groups excluding carboxylic acids is 1. The molecule has 0 bridgehead atoms. The zero-order chi connectivity index (χ0) is 19.7. The van der Waals surface area contributed by atoms with E-state index in [2.05, 4.69) is 15.3 Å². The number of carbonyl (C=O) groups is 1. The molecule has 0 atom stereocenters. The summed E-state index contributed by atoms with van der Waals surface area (Å²) in [4.78, 5) is 27.3. The van der Waals surface area contributed by atoms with Crippen molar-refractivity contribution in [3.8, 4) is 5.69 Å². The summed E-state index contributed by atoms with van der Waals surface area (Å²) in [5, 5.41) is 19.4. The summed E-state index contributed by atoms with van der Waals surface area (Å²) >= 11 is 1.45. The second kappa shape index (κ2) is 7.16. The summed E-state index contributed by atoms with van der Waals surface area (Å²) in [5.74, 6) is -0.631. The van der Waals surface area contributed by atoms with E-state index in [1.807, 2.05) is 24.3 Å². The third-order valence-electron chi connectivity index (χ3n) is 4.04. The molecule has 0 spiro atoms. The normalized spacial score (nSPS) is 10.9. The summed E-state index contributed by atoms with van der Waals surface area (Å²) < 4.78 is 7.70. The topological polar surface area (TPSA) is 113 Å². The highest BCUT2D eigenvalue weighted by atomic mass is 32.1. The van der Waals surface area contributed by atoms with Crippen molar-refractivity contribution in [1.82, 2.24) is 20.0 Å². The molecule has 10 heteroatoms. The van der Waals surface area contributed by atoms with Gasteiger partial charge in [0.05, 0.1) is 26.5 Å². The molecule has 0 aliphatic heterocycles. The van der Waals surface area contributed by atoms with Crippen molar-refractivity contribution in [1.29, 1.82) is 0 Å². The van der Waals surface area contributed by atoms with Crippen LogP contribution in [0.1, 0.15) is 21.2 Å². The van der Waals surface area contributed by atoms with Crippen LogP contribution >= 0.6 is 11.3 Å². The summed E-state index contributed by atoms with van der Waals surface area (Å²) in [6.45, 7) is 1.68. The van der Waals surface area contributed by atoms with Crippen LogP contribution in [0, 0.1) is 17.0 Å². The maximum Gasteiger partial charge on any atom is 0.361 e. The van der Waals surface area contributed by atoms with E-state index in [0.717, 1.165) is 10.2 Å². The third kappa shape index (κ3) is 3.32. The van der Waals surface area contributed by atoms with E-state index >= 15 is 0 Å². The predicted octanol–water partition coefficient (Wildman–Crippen LogP) is 3.45. The van der Waals surface area contributed by atoms with Crippen LogP contribution in [0.5, 0.6) is 0 Å². The fourth-order valence-corrected chi connectivity index (χ4v) is 3.56. The molecule has 0 unspecified atom stereocenters. The van der Waals surface area contributed by atoms with Gasteiger partial charge in [-0.3, -0.25) is 10.1 Å². The lowest BCUT2D eigenvalue weighted by Gasteiger charge is -2.04. The minimum absolute atomic E-state index is 0.0291. The smallest absolute Gasteiger partial charge is 0.361 e. The molecule has 2 heterocycles. The fourth-order valence-electron chi connectivity index (χ4n) is 2.68. The first-order valence-corrected chi connectivity index (χ1v) is 9.03. The Morgan fingerprint density at radius 2 is 2.07 bits per heavy atom. The predicted molar refractivity (Wildman–Crippen MR) is 101 cm³/mol. The molecule has 140 valence electrons. The Labute approximate surface area is 162 Å². The fraction of sp³-hybridized carbons (Fsp3) is 0.111. The van der Waals surface area contributed by atoms with E-state index in [4.69, 9.17) is 4.74 Å². The molecule has 0 radical (unpaired) electrons. The van der Waals surface area contributed by atoms with Crippen LogP contribution in [0.2, 0.25) is 0 Å². The molecule has 9 nitrogen and oxygen atoms in total. The number of ether oxygens (including phenoxy) is 1. The van der Waals surface area contributed by atoms with Crippen molar-refractivity contribution < 1.29 is 14.5 Å². The van der Waals surface area contributed by atoms with Gasteiger partial charge >= 0.3 is 5.97 Å². The maximum absolute atomic E-state index is 12.4. The summed E-state index contributed by atoms with van der Waals surface area (Å²) in [7, 11) is 0. The van der Waals surface area contributed by atoms with Gasteiger partial charge in [-0.1, -0.05) is 23.4 Å². The number of aromatic nitrogens is 4. The van der Waals surface area contributed by atoms with Gasteiger partial charge in [0, 0.05) is 12.1 Å². The minimum Gasteiger partial charge on any atom is -0.453 e. The largest absolute Gasteiger partial charge is 0.453 e. The van der Waals surface area contributed by atoms with Crippen LogP contribution in [0.4, 0.5) is 5.69 Å². The van der Waals surface area contributed by atoms with Gasteiger partial charge in [-0.05, 0) is 25.1 Å². The number of nitro groups is 1. The van der Waals surface area contributed by atoms with Crippen molar-refractivity contribution in [2.24, 2.45) is 0 Å². The monoisotopic (exact) mass is 395 g/mol. The van der Waals surface area contributed by atoms with E-state index in [9.17, 15) is 14.9 Å². The highest BCUT2D eigenvalue weighted by Crippen LogP contribution is 2.23. The lowest BCUT2D eigenvalue weighted by molar-refractivity contribution is -0.384. The average Bonchev–Trinajstić information content (AvgIpc) is 3.29. The summed E-state index contributed by atoms with van der Waals surface area (Å²) in [6, 6.07) is 13.6. The molecule has 4 rings (SSSR count).